The molecule has 54 heavy (non-hydrogen) atoms. The van der Waals surface area contributed by atoms with E-state index in [-0.39, 0.29) is 77.6 Å². The van der Waals surface area contributed by atoms with Crippen molar-refractivity contribution in [2.75, 3.05) is 42.0 Å². The van der Waals surface area contributed by atoms with Crippen molar-refractivity contribution in [3.63, 3.8) is 0 Å². The fraction of sp³-hybridized carbons (Fsp3) is 0.756. The first-order chi connectivity index (χ1) is 25.4. The maximum absolute atomic E-state index is 14.3. The zero-order chi connectivity index (χ0) is 41.0. The highest BCUT2D eigenvalue weighted by Crippen LogP contribution is 2.33. The van der Waals surface area contributed by atoms with Gasteiger partial charge in [0.25, 0.3) is 0 Å². The third-order valence-electron chi connectivity index (χ3n) is 11.5. The summed E-state index contributed by atoms with van der Waals surface area (Å²) in [5.74, 6) is -2.05. The van der Waals surface area contributed by atoms with E-state index in [1.54, 1.807) is 45.2 Å². The standard InChI is InChI=1S/C41H66Cl2FN3O7/c1-13-25(6)39(46(9)41(51)29(23(2)3)19-35(49)38(45-8)24(4)5)36(53-11)21-37(50)47-22-28(52-10)18-33(47)40(54-12)26(7)34(48)16-14-15-27-17-32(44)31(43)20-30(27)42/h17,20,23-26,28-29,33,36,38-40,45H,13-16,18-19,21-22H2,1-12H3/t25-,26-,28+,29-,33?,36+,38-,39-,40+/m0/s1. The summed E-state index contributed by atoms with van der Waals surface area (Å²) in [7, 11) is 8.21. The van der Waals surface area contributed by atoms with Crippen LogP contribution in [0.2, 0.25) is 10.0 Å². The van der Waals surface area contributed by atoms with Crippen LogP contribution in [0.15, 0.2) is 12.1 Å². The molecular formula is C41H66Cl2FN3O7. The summed E-state index contributed by atoms with van der Waals surface area (Å²) in [6.07, 6.45) is 0.894. The topological polar surface area (TPSA) is 114 Å². The Bertz CT molecular complexity index is 1400. The molecule has 1 fully saturated rings. The van der Waals surface area contributed by atoms with E-state index in [1.165, 1.54) is 12.1 Å². The Morgan fingerprint density at radius 3 is 2.13 bits per heavy atom. The average molecular weight is 803 g/mol. The van der Waals surface area contributed by atoms with Crippen LogP contribution in [0.1, 0.15) is 92.6 Å². The van der Waals surface area contributed by atoms with Crippen molar-refractivity contribution in [3.8, 4) is 0 Å². The van der Waals surface area contributed by atoms with Crippen molar-refractivity contribution in [2.24, 2.45) is 29.6 Å². The second kappa shape index (κ2) is 22.6. The number of likely N-dealkylation sites (tertiary alicyclic amines) is 1. The van der Waals surface area contributed by atoms with E-state index in [1.807, 2.05) is 48.5 Å². The smallest absolute Gasteiger partial charge is 0.226 e. The van der Waals surface area contributed by atoms with Crippen LogP contribution in [0.5, 0.6) is 0 Å². The second-order valence-corrected chi connectivity index (χ2v) is 16.5. The van der Waals surface area contributed by atoms with Gasteiger partial charge >= 0.3 is 0 Å². The highest BCUT2D eigenvalue weighted by molar-refractivity contribution is 6.35. The van der Waals surface area contributed by atoms with Gasteiger partial charge in [0.15, 0.2) is 5.78 Å². The maximum Gasteiger partial charge on any atom is 0.226 e. The number of ketones is 2. The number of Topliss-reactive ketones (excluding diaryl/α,β-unsaturated/α-hetero) is 2. The van der Waals surface area contributed by atoms with Crippen molar-refractivity contribution in [1.82, 2.24) is 15.1 Å². The third kappa shape index (κ3) is 12.4. The lowest BCUT2D eigenvalue weighted by molar-refractivity contribution is -0.149. The quantitative estimate of drug-likeness (QED) is 0.117. The van der Waals surface area contributed by atoms with E-state index < -0.39 is 41.9 Å². The molecule has 1 aliphatic heterocycles. The molecule has 1 aromatic carbocycles. The fourth-order valence-electron chi connectivity index (χ4n) is 8.01. The van der Waals surface area contributed by atoms with Gasteiger partial charge in [-0.15, -0.1) is 0 Å². The van der Waals surface area contributed by atoms with Gasteiger partial charge in [0.1, 0.15) is 11.6 Å². The summed E-state index contributed by atoms with van der Waals surface area (Å²) >= 11 is 12.1. The normalized spacial score (nSPS) is 20.1. The summed E-state index contributed by atoms with van der Waals surface area (Å²) in [6, 6.07) is 1.43. The van der Waals surface area contributed by atoms with Crippen molar-refractivity contribution in [1.29, 1.82) is 0 Å². The number of carbonyl (C=O) groups excluding carboxylic acids is 4. The van der Waals surface area contributed by atoms with Crippen LogP contribution >= 0.6 is 23.2 Å². The van der Waals surface area contributed by atoms with Gasteiger partial charge in [0.2, 0.25) is 11.8 Å². The van der Waals surface area contributed by atoms with Gasteiger partial charge in [-0.2, -0.15) is 0 Å². The molecule has 10 nitrogen and oxygen atoms in total. The molecule has 1 aromatic rings. The first kappa shape index (κ1) is 48.0. The molecule has 1 unspecified atom stereocenters. The zero-order valence-electron chi connectivity index (χ0n) is 34.5. The number of amides is 2. The molecular weight excluding hydrogens is 736 g/mol. The Hall–Kier alpha value is -2.15. The predicted molar refractivity (Wildman–Crippen MR) is 212 cm³/mol. The number of benzene rings is 1. The van der Waals surface area contributed by atoms with Gasteiger partial charge in [-0.25, -0.2) is 4.39 Å². The van der Waals surface area contributed by atoms with E-state index in [9.17, 15) is 23.6 Å². The first-order valence-electron chi connectivity index (χ1n) is 19.4. The molecule has 1 aliphatic rings. The highest BCUT2D eigenvalue weighted by atomic mass is 35.5. The van der Waals surface area contributed by atoms with Crippen molar-refractivity contribution >= 4 is 46.6 Å². The SMILES string of the molecule is CC[C@H](C)[C@@H]([C@@H](CC(=O)N1C[C@H](OC)CC1[C@H](OC)[C@@H](C)C(=O)CCCc1cc(F)c(Cl)cc1Cl)OC)N(C)C(=O)[C@@H](CC(=O)[C@@H](NC)C(C)C)C(C)C. The highest BCUT2D eigenvalue weighted by Gasteiger charge is 2.45. The summed E-state index contributed by atoms with van der Waals surface area (Å²) in [5.41, 5.74) is 0.579. The predicted octanol–water partition coefficient (Wildman–Crippen LogP) is 7.04. The Labute approximate surface area is 333 Å². The third-order valence-corrected chi connectivity index (χ3v) is 12.2. The summed E-state index contributed by atoms with van der Waals surface area (Å²) in [5, 5.41) is 3.40. The molecule has 1 saturated heterocycles. The van der Waals surface area contributed by atoms with Crippen molar-refractivity contribution < 1.29 is 37.8 Å². The lowest BCUT2D eigenvalue weighted by Crippen LogP contribution is -2.54. The monoisotopic (exact) mass is 801 g/mol. The number of aryl methyl sites for hydroxylation is 1. The minimum Gasteiger partial charge on any atom is -0.380 e. The summed E-state index contributed by atoms with van der Waals surface area (Å²) in [6.45, 7) is 14.1. The van der Waals surface area contributed by atoms with Crippen LogP contribution in [-0.2, 0) is 39.8 Å². The number of likely N-dealkylation sites (N-methyl/N-ethyl adjacent to an activating group) is 2. The molecule has 0 aromatic heterocycles. The van der Waals surface area contributed by atoms with E-state index in [0.717, 1.165) is 6.42 Å². The fourth-order valence-corrected chi connectivity index (χ4v) is 8.48. The van der Waals surface area contributed by atoms with E-state index in [2.05, 4.69) is 5.32 Å². The molecule has 0 aliphatic carbocycles. The molecule has 13 heteroatoms. The molecule has 1 N–H and O–H groups in total. The molecule has 0 radical (unpaired) electrons. The summed E-state index contributed by atoms with van der Waals surface area (Å²) < 4.78 is 31.8. The van der Waals surface area contributed by atoms with Crippen LogP contribution in [0, 0.1) is 35.4 Å². The van der Waals surface area contributed by atoms with Crippen LogP contribution in [0.4, 0.5) is 4.39 Å². The van der Waals surface area contributed by atoms with Crippen LogP contribution in [0.3, 0.4) is 0 Å². The zero-order valence-corrected chi connectivity index (χ0v) is 36.1. The number of methoxy groups -OCH3 is 3. The van der Waals surface area contributed by atoms with Gasteiger partial charge in [-0.3, -0.25) is 19.2 Å². The van der Waals surface area contributed by atoms with Gasteiger partial charge in [-0.05, 0) is 61.8 Å². The number of nitrogens with one attached hydrogen (secondary N) is 1. The summed E-state index contributed by atoms with van der Waals surface area (Å²) in [4.78, 5) is 58.8. The minimum atomic E-state index is -0.641. The minimum absolute atomic E-state index is 0.000956. The second-order valence-electron chi connectivity index (χ2n) is 15.7. The van der Waals surface area contributed by atoms with Gasteiger partial charge in [0.05, 0.1) is 47.9 Å². The molecule has 1 heterocycles. The van der Waals surface area contributed by atoms with Crippen LogP contribution < -0.4 is 5.32 Å². The number of halogens is 3. The molecule has 9 atom stereocenters. The number of ether oxygens (including phenoxy) is 3. The molecule has 0 spiro atoms. The number of hydrogen-bond acceptors (Lipinski definition) is 8. The van der Waals surface area contributed by atoms with Gasteiger partial charge in [0, 0.05) is 64.6 Å². The Morgan fingerprint density at radius 2 is 1.61 bits per heavy atom. The number of rotatable bonds is 23. The Morgan fingerprint density at radius 1 is 0.963 bits per heavy atom. The largest absolute Gasteiger partial charge is 0.380 e. The maximum atomic E-state index is 14.3. The van der Waals surface area contributed by atoms with E-state index in [0.29, 0.717) is 36.4 Å². The molecule has 0 bridgehead atoms. The van der Waals surface area contributed by atoms with E-state index in [4.69, 9.17) is 37.4 Å². The first-order valence-corrected chi connectivity index (χ1v) is 20.1. The Kier molecular flexibility index (Phi) is 20.0. The van der Waals surface area contributed by atoms with Crippen molar-refractivity contribution in [3.05, 3.63) is 33.6 Å². The van der Waals surface area contributed by atoms with E-state index >= 15 is 0 Å². The lowest BCUT2D eigenvalue weighted by Gasteiger charge is -2.41. The molecule has 2 rings (SSSR count). The number of hydrogen-bond donors (Lipinski definition) is 1. The molecule has 0 saturated carbocycles. The van der Waals surface area contributed by atoms with Crippen molar-refractivity contribution in [2.45, 2.75) is 130 Å². The molecule has 2 amide bonds. The molecule has 308 valence electrons. The lowest BCUT2D eigenvalue weighted by atomic mass is 9.84. The van der Waals surface area contributed by atoms with Gasteiger partial charge < -0.3 is 29.3 Å². The Balaban J connectivity index is 2.28. The van der Waals surface area contributed by atoms with Gasteiger partial charge in [-0.1, -0.05) is 78.1 Å². The van der Waals surface area contributed by atoms with Crippen LogP contribution in [-0.4, -0.2) is 112 Å². The average Bonchev–Trinajstić information content (AvgIpc) is 3.56. The number of nitrogens with zero attached hydrogens (tertiary/aromatic N) is 2. The van der Waals surface area contributed by atoms with Crippen LogP contribution in [0.25, 0.3) is 0 Å². The number of carbonyl (C=O) groups is 4.